The Hall–Kier alpha value is -2.45. The topological polar surface area (TPSA) is 80.8 Å². The summed E-state index contributed by atoms with van der Waals surface area (Å²) in [6.45, 7) is 2.31. The quantitative estimate of drug-likeness (QED) is 0.839. The number of carbonyl (C=O) groups is 2. The minimum Gasteiger partial charge on any atom is -0.497 e. The molecule has 138 valence electrons. The fraction of sp³-hybridized carbons (Fsp3) is 0.389. The SMILES string of the molecule is COc1ccc(-c2csc(NC(=O)CCC(=O)N3CCOCC3)n2)cc1. The van der Waals surface area contributed by atoms with Gasteiger partial charge in [0.2, 0.25) is 11.8 Å². The van der Waals surface area contributed by atoms with Crippen molar-refractivity contribution in [3.8, 4) is 17.0 Å². The van der Waals surface area contributed by atoms with Crippen LogP contribution in [0.2, 0.25) is 0 Å². The number of ether oxygens (including phenoxy) is 2. The summed E-state index contributed by atoms with van der Waals surface area (Å²) in [5, 5.41) is 5.17. The van der Waals surface area contributed by atoms with Gasteiger partial charge in [-0.2, -0.15) is 0 Å². The molecule has 0 saturated carbocycles. The van der Waals surface area contributed by atoms with E-state index < -0.39 is 0 Å². The van der Waals surface area contributed by atoms with Gasteiger partial charge in [0.25, 0.3) is 0 Å². The molecule has 7 nitrogen and oxygen atoms in total. The Morgan fingerprint density at radius 1 is 1.23 bits per heavy atom. The Bertz CT molecular complexity index is 754. The van der Waals surface area contributed by atoms with Crippen LogP contribution in [-0.2, 0) is 14.3 Å². The number of hydrogen-bond acceptors (Lipinski definition) is 6. The monoisotopic (exact) mass is 375 g/mol. The average molecular weight is 375 g/mol. The number of methoxy groups -OCH3 is 1. The predicted octanol–water partition coefficient (Wildman–Crippen LogP) is 2.40. The third kappa shape index (κ3) is 4.80. The zero-order valence-corrected chi connectivity index (χ0v) is 15.4. The number of amides is 2. The third-order valence-corrected chi connectivity index (χ3v) is 4.82. The summed E-state index contributed by atoms with van der Waals surface area (Å²) in [6.07, 6.45) is 0.343. The molecular weight excluding hydrogens is 354 g/mol. The lowest BCUT2D eigenvalue weighted by Gasteiger charge is -2.26. The summed E-state index contributed by atoms with van der Waals surface area (Å²) >= 11 is 1.36. The summed E-state index contributed by atoms with van der Waals surface area (Å²) in [7, 11) is 1.62. The smallest absolute Gasteiger partial charge is 0.226 e. The van der Waals surface area contributed by atoms with Crippen LogP contribution in [0.25, 0.3) is 11.3 Å². The molecule has 1 fully saturated rings. The van der Waals surface area contributed by atoms with Gasteiger partial charge >= 0.3 is 0 Å². The summed E-state index contributed by atoms with van der Waals surface area (Å²) < 4.78 is 10.4. The van der Waals surface area contributed by atoms with Gasteiger partial charge in [-0.15, -0.1) is 11.3 Å². The van der Waals surface area contributed by atoms with E-state index in [1.807, 2.05) is 29.6 Å². The zero-order valence-electron chi connectivity index (χ0n) is 14.6. The van der Waals surface area contributed by atoms with Crippen LogP contribution < -0.4 is 10.1 Å². The molecule has 26 heavy (non-hydrogen) atoms. The van der Waals surface area contributed by atoms with Crippen molar-refractivity contribution in [2.45, 2.75) is 12.8 Å². The number of hydrogen-bond donors (Lipinski definition) is 1. The maximum atomic E-state index is 12.1. The lowest BCUT2D eigenvalue weighted by Crippen LogP contribution is -2.40. The maximum Gasteiger partial charge on any atom is 0.226 e. The average Bonchev–Trinajstić information content (AvgIpc) is 3.15. The van der Waals surface area contributed by atoms with E-state index in [4.69, 9.17) is 9.47 Å². The summed E-state index contributed by atoms with van der Waals surface area (Å²) in [5.74, 6) is 0.561. The van der Waals surface area contributed by atoms with Gasteiger partial charge in [0.15, 0.2) is 5.13 Å². The van der Waals surface area contributed by atoms with E-state index in [1.165, 1.54) is 11.3 Å². The van der Waals surface area contributed by atoms with Gasteiger partial charge in [-0.3, -0.25) is 9.59 Å². The summed E-state index contributed by atoms with van der Waals surface area (Å²) in [5.41, 5.74) is 1.74. The first-order valence-corrected chi connectivity index (χ1v) is 9.29. The van der Waals surface area contributed by atoms with E-state index in [9.17, 15) is 9.59 Å². The highest BCUT2D eigenvalue weighted by Gasteiger charge is 2.18. The molecule has 1 aromatic heterocycles. The molecule has 0 aliphatic carbocycles. The van der Waals surface area contributed by atoms with Gasteiger partial charge < -0.3 is 19.7 Å². The van der Waals surface area contributed by atoms with Crippen molar-refractivity contribution in [3.05, 3.63) is 29.6 Å². The van der Waals surface area contributed by atoms with Crippen LogP contribution in [0.4, 0.5) is 5.13 Å². The molecule has 1 aliphatic rings. The number of anilines is 1. The van der Waals surface area contributed by atoms with E-state index in [1.54, 1.807) is 12.0 Å². The molecule has 3 rings (SSSR count). The predicted molar refractivity (Wildman–Crippen MR) is 99.4 cm³/mol. The Morgan fingerprint density at radius 3 is 2.65 bits per heavy atom. The summed E-state index contributed by atoms with van der Waals surface area (Å²) in [6, 6.07) is 7.56. The van der Waals surface area contributed by atoms with E-state index >= 15 is 0 Å². The zero-order chi connectivity index (χ0) is 18.4. The van der Waals surface area contributed by atoms with Crippen molar-refractivity contribution in [1.29, 1.82) is 0 Å². The molecule has 2 amide bonds. The third-order valence-electron chi connectivity index (χ3n) is 4.07. The van der Waals surface area contributed by atoms with E-state index in [2.05, 4.69) is 10.3 Å². The number of carbonyl (C=O) groups excluding carboxylic acids is 2. The Morgan fingerprint density at radius 2 is 1.96 bits per heavy atom. The van der Waals surface area contributed by atoms with Crippen LogP contribution >= 0.6 is 11.3 Å². The molecule has 0 spiro atoms. The van der Waals surface area contributed by atoms with Crippen molar-refractivity contribution in [2.75, 3.05) is 38.7 Å². The van der Waals surface area contributed by atoms with Crippen molar-refractivity contribution in [3.63, 3.8) is 0 Å². The van der Waals surface area contributed by atoms with Gasteiger partial charge in [-0.1, -0.05) is 0 Å². The fourth-order valence-electron chi connectivity index (χ4n) is 2.60. The minimum absolute atomic E-state index is 0.0125. The fourth-order valence-corrected chi connectivity index (χ4v) is 3.33. The minimum atomic E-state index is -0.206. The number of thiazole rings is 1. The first-order chi connectivity index (χ1) is 12.7. The van der Waals surface area contributed by atoms with Crippen molar-refractivity contribution >= 4 is 28.3 Å². The molecule has 0 radical (unpaired) electrons. The number of nitrogens with zero attached hydrogens (tertiary/aromatic N) is 2. The first kappa shape index (κ1) is 18.3. The number of morpholine rings is 1. The van der Waals surface area contributed by atoms with Crippen molar-refractivity contribution in [2.24, 2.45) is 0 Å². The number of benzene rings is 1. The van der Waals surface area contributed by atoms with E-state index in [-0.39, 0.29) is 24.7 Å². The highest BCUT2D eigenvalue weighted by atomic mass is 32.1. The largest absolute Gasteiger partial charge is 0.497 e. The second-order valence-corrected chi connectivity index (χ2v) is 6.67. The lowest BCUT2D eigenvalue weighted by molar-refractivity contribution is -0.136. The molecule has 1 aliphatic heterocycles. The number of nitrogens with one attached hydrogen (secondary N) is 1. The molecule has 0 atom stereocenters. The molecule has 2 aromatic rings. The van der Waals surface area contributed by atoms with Gasteiger partial charge in [-0.05, 0) is 24.3 Å². The molecule has 1 N–H and O–H groups in total. The molecule has 2 heterocycles. The van der Waals surface area contributed by atoms with Crippen LogP contribution in [0, 0.1) is 0 Å². The lowest BCUT2D eigenvalue weighted by atomic mass is 10.2. The van der Waals surface area contributed by atoms with Crippen LogP contribution in [-0.4, -0.2) is 55.1 Å². The van der Waals surface area contributed by atoms with Crippen LogP contribution in [0.5, 0.6) is 5.75 Å². The first-order valence-electron chi connectivity index (χ1n) is 8.41. The number of rotatable bonds is 6. The molecule has 0 unspecified atom stereocenters. The second-order valence-electron chi connectivity index (χ2n) is 5.81. The molecule has 1 saturated heterocycles. The molecule has 1 aromatic carbocycles. The highest BCUT2D eigenvalue weighted by molar-refractivity contribution is 7.14. The van der Waals surface area contributed by atoms with E-state index in [0.29, 0.717) is 31.4 Å². The Labute approximate surface area is 155 Å². The van der Waals surface area contributed by atoms with Gasteiger partial charge in [0.1, 0.15) is 5.75 Å². The van der Waals surface area contributed by atoms with Gasteiger partial charge in [0.05, 0.1) is 26.0 Å². The second kappa shape index (κ2) is 8.77. The summed E-state index contributed by atoms with van der Waals surface area (Å²) in [4.78, 5) is 30.3. The number of aromatic nitrogens is 1. The van der Waals surface area contributed by atoms with Crippen LogP contribution in [0.15, 0.2) is 29.6 Å². The molecule has 8 heteroatoms. The maximum absolute atomic E-state index is 12.1. The van der Waals surface area contributed by atoms with Crippen molar-refractivity contribution < 1.29 is 19.1 Å². The normalized spacial score (nSPS) is 14.1. The Balaban J connectivity index is 1.50. The standard InChI is InChI=1S/C18H21N3O4S/c1-24-14-4-2-13(3-5-14)15-12-26-18(19-15)20-16(22)6-7-17(23)21-8-10-25-11-9-21/h2-5,12H,6-11H2,1H3,(H,19,20,22). The molecule has 0 bridgehead atoms. The van der Waals surface area contributed by atoms with Gasteiger partial charge in [-0.25, -0.2) is 4.98 Å². The van der Waals surface area contributed by atoms with E-state index in [0.717, 1.165) is 17.0 Å². The Kier molecular flexibility index (Phi) is 6.19. The van der Waals surface area contributed by atoms with Crippen molar-refractivity contribution in [1.82, 2.24) is 9.88 Å². The van der Waals surface area contributed by atoms with Crippen LogP contribution in [0.3, 0.4) is 0 Å². The van der Waals surface area contributed by atoms with Crippen LogP contribution in [0.1, 0.15) is 12.8 Å². The highest BCUT2D eigenvalue weighted by Crippen LogP contribution is 2.26. The van der Waals surface area contributed by atoms with Gasteiger partial charge in [0, 0.05) is 36.9 Å². The molecular formula is C18H21N3O4S.